The van der Waals surface area contributed by atoms with E-state index in [1.807, 2.05) is 19.1 Å². The summed E-state index contributed by atoms with van der Waals surface area (Å²) < 4.78 is 2.62. The molecule has 4 heteroatoms. The predicted molar refractivity (Wildman–Crippen MR) is 56.2 cm³/mol. The highest BCUT2D eigenvalue weighted by atomic mass is 32.1. The lowest BCUT2D eigenvalue weighted by Gasteiger charge is -2.00. The van der Waals surface area contributed by atoms with Crippen LogP contribution in [-0.2, 0) is 7.05 Å². The van der Waals surface area contributed by atoms with E-state index in [0.717, 1.165) is 21.5 Å². The average molecular weight is 194 g/mol. The van der Waals surface area contributed by atoms with Gasteiger partial charge in [0, 0.05) is 12.7 Å². The fourth-order valence-corrected chi connectivity index (χ4v) is 2.25. The summed E-state index contributed by atoms with van der Waals surface area (Å²) in [6.07, 6.45) is 0. The summed E-state index contributed by atoms with van der Waals surface area (Å²) in [5, 5.41) is 0. The van der Waals surface area contributed by atoms with Crippen LogP contribution in [0, 0.1) is 6.92 Å². The highest BCUT2D eigenvalue weighted by Gasteiger charge is 2.05. The molecule has 0 saturated carbocycles. The molecule has 68 valence electrons. The molecule has 0 amide bonds. The summed E-state index contributed by atoms with van der Waals surface area (Å²) in [5.74, 6) is 0. The van der Waals surface area contributed by atoms with Crippen LogP contribution in [-0.4, -0.2) is 4.57 Å². The fourth-order valence-electron chi connectivity index (χ4n) is 1.29. The maximum atomic E-state index is 11.3. The number of nitrogen functional groups attached to an aromatic ring is 1. The van der Waals surface area contributed by atoms with E-state index in [-0.39, 0.29) is 4.87 Å². The van der Waals surface area contributed by atoms with E-state index in [0.29, 0.717) is 0 Å². The Kier molecular flexibility index (Phi) is 1.66. The molecule has 0 aliphatic rings. The largest absolute Gasteiger partial charge is 0.398 e. The molecule has 1 heterocycles. The lowest BCUT2D eigenvalue weighted by Crippen LogP contribution is -2.06. The Morgan fingerprint density at radius 2 is 2.15 bits per heavy atom. The van der Waals surface area contributed by atoms with Crippen molar-refractivity contribution in [2.24, 2.45) is 7.05 Å². The van der Waals surface area contributed by atoms with Gasteiger partial charge in [-0.3, -0.25) is 4.79 Å². The summed E-state index contributed by atoms with van der Waals surface area (Å²) in [7, 11) is 1.76. The molecule has 0 radical (unpaired) electrons. The number of aromatic nitrogens is 1. The molecule has 0 bridgehead atoms. The summed E-state index contributed by atoms with van der Waals surface area (Å²) >= 11 is 1.25. The number of nitrogens with zero attached hydrogens (tertiary/aromatic N) is 1. The molecule has 0 aliphatic carbocycles. The van der Waals surface area contributed by atoms with Crippen molar-refractivity contribution in [3.63, 3.8) is 0 Å². The van der Waals surface area contributed by atoms with Gasteiger partial charge in [-0.05, 0) is 24.6 Å². The molecule has 2 rings (SSSR count). The van der Waals surface area contributed by atoms with Gasteiger partial charge in [0.2, 0.25) is 0 Å². The number of nitrogens with two attached hydrogens (primary N) is 1. The summed E-state index contributed by atoms with van der Waals surface area (Å²) in [4.78, 5) is 11.4. The third-order valence-electron chi connectivity index (χ3n) is 2.18. The second-order valence-electron chi connectivity index (χ2n) is 3.10. The Balaban J connectivity index is 2.97. The van der Waals surface area contributed by atoms with Crippen LogP contribution < -0.4 is 10.6 Å². The first-order chi connectivity index (χ1) is 6.09. The fraction of sp³-hybridized carbons (Fsp3) is 0.222. The molecule has 0 aliphatic heterocycles. The Morgan fingerprint density at radius 1 is 1.46 bits per heavy atom. The van der Waals surface area contributed by atoms with E-state index < -0.39 is 0 Å². The SMILES string of the molecule is Cc1cc2sc(=O)n(C)c2cc1N. The van der Waals surface area contributed by atoms with Gasteiger partial charge in [0.25, 0.3) is 0 Å². The van der Waals surface area contributed by atoms with Gasteiger partial charge in [0.1, 0.15) is 0 Å². The van der Waals surface area contributed by atoms with Crippen molar-refractivity contribution in [3.8, 4) is 0 Å². The molecule has 0 spiro atoms. The van der Waals surface area contributed by atoms with Crippen LogP contribution in [0.15, 0.2) is 16.9 Å². The maximum absolute atomic E-state index is 11.3. The third kappa shape index (κ3) is 1.14. The zero-order valence-corrected chi connectivity index (χ0v) is 8.31. The minimum absolute atomic E-state index is 0.0556. The topological polar surface area (TPSA) is 48.0 Å². The standard InChI is InChI=1S/C9H10N2OS/c1-5-3-8-7(4-6(5)10)11(2)9(12)13-8/h3-4H,10H2,1-2H3. The minimum Gasteiger partial charge on any atom is -0.398 e. The number of aryl methyl sites for hydroxylation is 2. The quantitative estimate of drug-likeness (QED) is 0.646. The summed E-state index contributed by atoms with van der Waals surface area (Å²) in [6.45, 7) is 1.94. The molecule has 0 unspecified atom stereocenters. The van der Waals surface area contributed by atoms with Crippen LogP contribution in [0.3, 0.4) is 0 Å². The highest BCUT2D eigenvalue weighted by molar-refractivity contribution is 7.16. The Labute approximate surface area is 79.4 Å². The van der Waals surface area contributed by atoms with E-state index in [1.54, 1.807) is 11.6 Å². The third-order valence-corrected chi connectivity index (χ3v) is 3.18. The first kappa shape index (κ1) is 8.31. The Hall–Kier alpha value is -1.29. The number of thiazole rings is 1. The first-order valence-corrected chi connectivity index (χ1v) is 4.77. The minimum atomic E-state index is 0.0556. The normalized spacial score (nSPS) is 10.9. The predicted octanol–water partition coefficient (Wildman–Crippen LogP) is 1.49. The van der Waals surface area contributed by atoms with Crippen molar-refractivity contribution < 1.29 is 0 Å². The maximum Gasteiger partial charge on any atom is 0.307 e. The highest BCUT2D eigenvalue weighted by Crippen LogP contribution is 2.22. The van der Waals surface area contributed by atoms with Gasteiger partial charge < -0.3 is 10.3 Å². The molecule has 0 saturated heterocycles. The number of benzene rings is 1. The van der Waals surface area contributed by atoms with Crippen LogP contribution in [0.4, 0.5) is 5.69 Å². The average Bonchev–Trinajstić information content (AvgIpc) is 2.32. The van der Waals surface area contributed by atoms with E-state index in [2.05, 4.69) is 0 Å². The van der Waals surface area contributed by atoms with E-state index in [9.17, 15) is 4.79 Å². The molecule has 13 heavy (non-hydrogen) atoms. The zero-order valence-electron chi connectivity index (χ0n) is 7.50. The van der Waals surface area contributed by atoms with Gasteiger partial charge in [0.15, 0.2) is 0 Å². The number of fused-ring (bicyclic) bond motifs is 1. The van der Waals surface area contributed by atoms with Crippen molar-refractivity contribution in [3.05, 3.63) is 27.4 Å². The van der Waals surface area contributed by atoms with Crippen LogP contribution in [0.2, 0.25) is 0 Å². The van der Waals surface area contributed by atoms with E-state index >= 15 is 0 Å². The van der Waals surface area contributed by atoms with Crippen molar-refractivity contribution in [1.82, 2.24) is 4.57 Å². The zero-order chi connectivity index (χ0) is 9.59. The van der Waals surface area contributed by atoms with Gasteiger partial charge >= 0.3 is 4.87 Å². The van der Waals surface area contributed by atoms with Crippen molar-refractivity contribution in [2.75, 3.05) is 5.73 Å². The molecule has 2 aromatic rings. The van der Waals surface area contributed by atoms with Crippen LogP contribution in [0.1, 0.15) is 5.56 Å². The van der Waals surface area contributed by atoms with Crippen LogP contribution in [0.25, 0.3) is 10.2 Å². The molecule has 3 nitrogen and oxygen atoms in total. The smallest absolute Gasteiger partial charge is 0.307 e. The lowest BCUT2D eigenvalue weighted by atomic mass is 10.2. The summed E-state index contributed by atoms with van der Waals surface area (Å²) in [6, 6.07) is 3.80. The van der Waals surface area contributed by atoms with Gasteiger partial charge in [0.05, 0.1) is 10.2 Å². The Bertz CT molecular complexity index is 524. The van der Waals surface area contributed by atoms with E-state index in [4.69, 9.17) is 5.73 Å². The summed E-state index contributed by atoms with van der Waals surface area (Å²) in [5.41, 5.74) is 8.43. The van der Waals surface area contributed by atoms with Gasteiger partial charge in [-0.2, -0.15) is 0 Å². The number of anilines is 1. The monoisotopic (exact) mass is 194 g/mol. The van der Waals surface area contributed by atoms with Crippen LogP contribution in [0.5, 0.6) is 0 Å². The molecule has 0 fully saturated rings. The van der Waals surface area contributed by atoms with Crippen molar-refractivity contribution in [1.29, 1.82) is 0 Å². The number of rotatable bonds is 0. The second kappa shape index (κ2) is 2.60. The molecule has 0 atom stereocenters. The Morgan fingerprint density at radius 3 is 2.85 bits per heavy atom. The van der Waals surface area contributed by atoms with Crippen molar-refractivity contribution >= 4 is 27.2 Å². The molecule has 2 N–H and O–H groups in total. The van der Waals surface area contributed by atoms with E-state index in [1.165, 1.54) is 11.3 Å². The molecular formula is C9H10N2OS. The van der Waals surface area contributed by atoms with Gasteiger partial charge in [-0.1, -0.05) is 11.3 Å². The molecular weight excluding hydrogens is 184 g/mol. The van der Waals surface area contributed by atoms with Crippen molar-refractivity contribution in [2.45, 2.75) is 6.92 Å². The number of hydrogen-bond donors (Lipinski definition) is 1. The molecule has 1 aromatic heterocycles. The lowest BCUT2D eigenvalue weighted by molar-refractivity contribution is 0.939. The molecule has 1 aromatic carbocycles. The van der Waals surface area contributed by atoms with Gasteiger partial charge in [-0.25, -0.2) is 0 Å². The van der Waals surface area contributed by atoms with Crippen LogP contribution >= 0.6 is 11.3 Å². The second-order valence-corrected chi connectivity index (χ2v) is 4.10. The van der Waals surface area contributed by atoms with Gasteiger partial charge in [-0.15, -0.1) is 0 Å². The first-order valence-electron chi connectivity index (χ1n) is 3.95. The number of hydrogen-bond acceptors (Lipinski definition) is 3.